The minimum absolute atomic E-state index is 0.0351. The smallest absolute Gasteiger partial charge is 0.274 e. The number of hydrogen-bond acceptors (Lipinski definition) is 6. The van der Waals surface area contributed by atoms with Crippen LogP contribution in [0, 0.1) is 0 Å². The van der Waals surface area contributed by atoms with Crippen LogP contribution in [0.2, 0.25) is 0 Å². The van der Waals surface area contributed by atoms with Crippen LogP contribution in [0.15, 0.2) is 62.6 Å². The predicted octanol–water partition coefficient (Wildman–Crippen LogP) is 4.93. The second kappa shape index (κ2) is 9.06. The number of methoxy groups -OCH3 is 3. The Hall–Kier alpha value is -2.23. The molecule has 2 aromatic carbocycles. The molecule has 154 valence electrons. The van der Waals surface area contributed by atoms with E-state index in [1.807, 2.05) is 0 Å². The van der Waals surface area contributed by atoms with Gasteiger partial charge < -0.3 is 14.2 Å². The molecule has 0 saturated carbocycles. The lowest BCUT2D eigenvalue weighted by molar-refractivity contribution is 0.396. The minimum atomic E-state index is -3.83. The summed E-state index contributed by atoms with van der Waals surface area (Å²) in [6, 6.07) is 13.8. The molecular weight excluding hydrogens is 478 g/mol. The Bertz CT molecular complexity index is 1080. The number of thiophene rings is 1. The van der Waals surface area contributed by atoms with Crippen molar-refractivity contribution in [1.82, 2.24) is 0 Å². The van der Waals surface area contributed by atoms with Gasteiger partial charge in [0.05, 0.1) is 38.0 Å². The summed E-state index contributed by atoms with van der Waals surface area (Å²) in [7, 11) is 0.772. The first-order chi connectivity index (χ1) is 13.9. The topological polar surface area (TPSA) is 65.1 Å². The number of anilines is 1. The van der Waals surface area contributed by atoms with Crippen molar-refractivity contribution < 1.29 is 22.6 Å². The summed E-state index contributed by atoms with van der Waals surface area (Å²) in [6.07, 6.45) is 0. The zero-order valence-electron chi connectivity index (χ0n) is 16.1. The molecule has 0 amide bonds. The van der Waals surface area contributed by atoms with Crippen LogP contribution in [0.25, 0.3) is 0 Å². The predicted molar refractivity (Wildman–Crippen MR) is 118 cm³/mol. The van der Waals surface area contributed by atoms with E-state index in [0.717, 1.165) is 11.3 Å². The number of hydrogen-bond donors (Lipinski definition) is 0. The molecule has 0 N–H and O–H groups in total. The number of sulfonamides is 1. The standard InChI is InChI=1S/C20H20BrNO5S2/c1-25-17-8-5-4-7-16(17)22(29(23,24)20-9-6-10-28-20)13-14-11-19(27-3)15(21)12-18(14)26-2/h4-12H,13H2,1-3H3. The maximum absolute atomic E-state index is 13.5. The Kier molecular flexibility index (Phi) is 6.71. The molecule has 0 spiro atoms. The van der Waals surface area contributed by atoms with Gasteiger partial charge in [-0.1, -0.05) is 18.2 Å². The second-order valence-electron chi connectivity index (χ2n) is 5.91. The van der Waals surface area contributed by atoms with Gasteiger partial charge in [-0.3, -0.25) is 4.31 Å². The van der Waals surface area contributed by atoms with E-state index in [1.165, 1.54) is 11.4 Å². The SMILES string of the molecule is COc1cc(CN(c2ccccc2OC)S(=O)(=O)c2cccs2)c(OC)cc1Br. The molecule has 1 aromatic heterocycles. The highest BCUT2D eigenvalue weighted by molar-refractivity contribution is 9.10. The molecule has 3 aromatic rings. The van der Waals surface area contributed by atoms with Crippen LogP contribution in [0.1, 0.15) is 5.56 Å². The summed E-state index contributed by atoms with van der Waals surface area (Å²) in [5, 5.41) is 1.73. The molecule has 3 rings (SSSR count). The van der Waals surface area contributed by atoms with Gasteiger partial charge in [-0.2, -0.15) is 0 Å². The van der Waals surface area contributed by atoms with Crippen LogP contribution in [-0.4, -0.2) is 29.7 Å². The first-order valence-corrected chi connectivity index (χ1v) is 11.6. The van der Waals surface area contributed by atoms with E-state index in [-0.39, 0.29) is 10.8 Å². The summed E-state index contributed by atoms with van der Waals surface area (Å²) in [4.78, 5) is 0. The summed E-state index contributed by atoms with van der Waals surface area (Å²) >= 11 is 4.60. The fourth-order valence-electron chi connectivity index (χ4n) is 2.86. The van der Waals surface area contributed by atoms with Gasteiger partial charge >= 0.3 is 0 Å². The molecular formula is C20H20BrNO5S2. The number of rotatable bonds is 8. The fourth-order valence-corrected chi connectivity index (χ4v) is 5.90. The van der Waals surface area contributed by atoms with Crippen LogP contribution in [-0.2, 0) is 16.6 Å². The molecule has 0 aliphatic carbocycles. The first-order valence-electron chi connectivity index (χ1n) is 8.52. The van der Waals surface area contributed by atoms with Gasteiger partial charge in [-0.15, -0.1) is 11.3 Å². The van der Waals surface area contributed by atoms with Crippen molar-refractivity contribution in [3.05, 3.63) is 63.9 Å². The third-order valence-electron chi connectivity index (χ3n) is 4.26. The minimum Gasteiger partial charge on any atom is -0.496 e. The van der Waals surface area contributed by atoms with Crippen LogP contribution in [0.4, 0.5) is 5.69 Å². The van der Waals surface area contributed by atoms with Crippen molar-refractivity contribution in [2.45, 2.75) is 10.8 Å². The summed E-state index contributed by atoms with van der Waals surface area (Å²) in [5.74, 6) is 1.57. The molecule has 1 heterocycles. The fraction of sp³-hybridized carbons (Fsp3) is 0.200. The lowest BCUT2D eigenvalue weighted by Gasteiger charge is -2.26. The van der Waals surface area contributed by atoms with E-state index >= 15 is 0 Å². The molecule has 6 nitrogen and oxygen atoms in total. The van der Waals surface area contributed by atoms with Gasteiger partial charge in [-0.05, 0) is 51.6 Å². The lowest BCUT2D eigenvalue weighted by Crippen LogP contribution is -2.30. The van der Waals surface area contributed by atoms with Crippen molar-refractivity contribution in [1.29, 1.82) is 0 Å². The van der Waals surface area contributed by atoms with Gasteiger partial charge in [0, 0.05) is 5.56 Å². The number of benzene rings is 2. The van der Waals surface area contributed by atoms with E-state index in [0.29, 0.717) is 33.0 Å². The van der Waals surface area contributed by atoms with Crippen molar-refractivity contribution >= 4 is 43.0 Å². The van der Waals surface area contributed by atoms with E-state index in [1.54, 1.807) is 68.1 Å². The molecule has 29 heavy (non-hydrogen) atoms. The summed E-state index contributed by atoms with van der Waals surface area (Å²) in [6.45, 7) is 0.0351. The Balaban J connectivity index is 2.17. The van der Waals surface area contributed by atoms with Crippen LogP contribution in [0.3, 0.4) is 0 Å². The van der Waals surface area contributed by atoms with E-state index in [2.05, 4.69) is 15.9 Å². The van der Waals surface area contributed by atoms with Gasteiger partial charge in [0.15, 0.2) is 0 Å². The highest BCUT2D eigenvalue weighted by Gasteiger charge is 2.29. The summed E-state index contributed by atoms with van der Waals surface area (Å²) < 4.78 is 45.6. The molecule has 0 aliphatic rings. The van der Waals surface area contributed by atoms with Crippen LogP contribution in [0.5, 0.6) is 17.2 Å². The van der Waals surface area contributed by atoms with Crippen molar-refractivity contribution in [2.75, 3.05) is 25.6 Å². The van der Waals surface area contributed by atoms with Gasteiger partial charge in [0.2, 0.25) is 0 Å². The number of para-hydroxylation sites is 2. The maximum Gasteiger partial charge on any atom is 0.274 e. The van der Waals surface area contributed by atoms with E-state index < -0.39 is 10.0 Å². The normalized spacial score (nSPS) is 11.2. The first kappa shape index (κ1) is 21.5. The molecule has 0 radical (unpaired) electrons. The Morgan fingerprint density at radius 2 is 1.62 bits per heavy atom. The monoisotopic (exact) mass is 497 g/mol. The van der Waals surface area contributed by atoms with E-state index in [4.69, 9.17) is 14.2 Å². The second-order valence-corrected chi connectivity index (χ2v) is 9.81. The highest BCUT2D eigenvalue weighted by Crippen LogP contribution is 2.38. The third-order valence-corrected chi connectivity index (χ3v) is 8.01. The van der Waals surface area contributed by atoms with Gasteiger partial charge in [0.25, 0.3) is 10.0 Å². The number of ether oxygens (including phenoxy) is 3. The quantitative estimate of drug-likeness (QED) is 0.441. The summed E-state index contributed by atoms with van der Waals surface area (Å²) in [5.41, 5.74) is 1.09. The molecule has 9 heteroatoms. The zero-order chi connectivity index (χ0) is 21.0. The Labute approximate surface area is 182 Å². The Morgan fingerprint density at radius 3 is 2.24 bits per heavy atom. The van der Waals surface area contributed by atoms with Crippen molar-refractivity contribution in [3.8, 4) is 17.2 Å². The van der Waals surface area contributed by atoms with E-state index in [9.17, 15) is 8.42 Å². The zero-order valence-corrected chi connectivity index (χ0v) is 19.3. The van der Waals surface area contributed by atoms with Crippen LogP contribution >= 0.6 is 27.3 Å². The number of nitrogens with zero attached hydrogens (tertiary/aromatic N) is 1. The molecule has 0 fully saturated rings. The molecule has 0 unspecified atom stereocenters. The van der Waals surface area contributed by atoms with Crippen molar-refractivity contribution in [3.63, 3.8) is 0 Å². The van der Waals surface area contributed by atoms with Gasteiger partial charge in [0.1, 0.15) is 21.5 Å². The highest BCUT2D eigenvalue weighted by atomic mass is 79.9. The number of halogens is 1. The average Bonchev–Trinajstić information content (AvgIpc) is 3.28. The van der Waals surface area contributed by atoms with Crippen LogP contribution < -0.4 is 18.5 Å². The van der Waals surface area contributed by atoms with Crippen molar-refractivity contribution in [2.24, 2.45) is 0 Å². The largest absolute Gasteiger partial charge is 0.496 e. The molecule has 0 saturated heterocycles. The van der Waals surface area contributed by atoms with Gasteiger partial charge in [-0.25, -0.2) is 8.42 Å². The third kappa shape index (κ3) is 4.36. The average molecular weight is 498 g/mol. The molecule has 0 bridgehead atoms. The maximum atomic E-state index is 13.5. The molecule has 0 atom stereocenters. The Morgan fingerprint density at radius 1 is 0.931 bits per heavy atom. The molecule has 0 aliphatic heterocycles. The lowest BCUT2D eigenvalue weighted by atomic mass is 10.1.